The van der Waals surface area contributed by atoms with Crippen LogP contribution in [0.2, 0.25) is 0 Å². The van der Waals surface area contributed by atoms with E-state index in [1.165, 1.54) is 6.42 Å². The predicted octanol–water partition coefficient (Wildman–Crippen LogP) is 2.89. The number of alkyl halides is 1. The van der Waals surface area contributed by atoms with Gasteiger partial charge in [0.05, 0.1) is 5.92 Å². The quantitative estimate of drug-likeness (QED) is 0.892. The molecular formula is C18H22FN5O. The standard InChI is InChI=1S/C18H22FN5O/c1-2-11-4-3-5-24(11)16-7-10-6-15(21-9-13(10)17(20)23-16)22-18(25)12-8-14(12)19/h6-7,9,11-12,14H,2-5,8H2,1H3,(H2,20,23)(H,21,22,25)/t11-,12+,14-/m0/s1. The van der Waals surface area contributed by atoms with E-state index in [0.717, 1.165) is 36.0 Å². The van der Waals surface area contributed by atoms with Gasteiger partial charge in [0.1, 0.15) is 23.6 Å². The van der Waals surface area contributed by atoms with Crippen LogP contribution >= 0.6 is 0 Å². The highest BCUT2D eigenvalue weighted by Crippen LogP contribution is 2.35. The van der Waals surface area contributed by atoms with Crippen LogP contribution in [0.4, 0.5) is 21.8 Å². The Labute approximate surface area is 145 Å². The van der Waals surface area contributed by atoms with Gasteiger partial charge in [-0.2, -0.15) is 0 Å². The number of nitrogens with one attached hydrogen (secondary N) is 1. The van der Waals surface area contributed by atoms with Crippen molar-refractivity contribution in [3.8, 4) is 0 Å². The fraction of sp³-hybridized carbons (Fsp3) is 0.500. The molecule has 3 N–H and O–H groups in total. The molecule has 1 amide bonds. The molecule has 1 saturated heterocycles. The van der Waals surface area contributed by atoms with E-state index in [4.69, 9.17) is 5.73 Å². The highest BCUT2D eigenvalue weighted by atomic mass is 19.1. The molecule has 6 nitrogen and oxygen atoms in total. The number of amides is 1. The molecule has 0 radical (unpaired) electrons. The summed E-state index contributed by atoms with van der Waals surface area (Å²) in [6, 6.07) is 4.26. The van der Waals surface area contributed by atoms with Gasteiger partial charge in [-0.1, -0.05) is 6.92 Å². The first-order valence-electron chi connectivity index (χ1n) is 8.84. The summed E-state index contributed by atoms with van der Waals surface area (Å²) in [7, 11) is 0. The van der Waals surface area contributed by atoms with Gasteiger partial charge in [0.25, 0.3) is 0 Å². The third-order valence-electron chi connectivity index (χ3n) is 5.17. The Kier molecular flexibility index (Phi) is 3.94. The lowest BCUT2D eigenvalue weighted by Crippen LogP contribution is -2.29. The molecule has 1 saturated carbocycles. The zero-order valence-electron chi connectivity index (χ0n) is 14.2. The van der Waals surface area contributed by atoms with Crippen molar-refractivity contribution in [3.05, 3.63) is 18.3 Å². The number of halogens is 1. The minimum absolute atomic E-state index is 0.299. The van der Waals surface area contributed by atoms with Crippen LogP contribution in [0.5, 0.6) is 0 Å². The first-order valence-corrected chi connectivity index (χ1v) is 8.84. The maximum absolute atomic E-state index is 13.0. The number of carbonyl (C=O) groups is 1. The normalized spacial score (nSPS) is 25.4. The lowest BCUT2D eigenvalue weighted by atomic mass is 10.1. The van der Waals surface area contributed by atoms with E-state index in [9.17, 15) is 9.18 Å². The minimum atomic E-state index is -1.02. The molecule has 3 atom stereocenters. The average molecular weight is 343 g/mol. The second-order valence-corrected chi connectivity index (χ2v) is 6.90. The van der Waals surface area contributed by atoms with Gasteiger partial charge >= 0.3 is 0 Å². The predicted molar refractivity (Wildman–Crippen MR) is 96.2 cm³/mol. The summed E-state index contributed by atoms with van der Waals surface area (Å²) in [6.45, 7) is 3.16. The minimum Gasteiger partial charge on any atom is -0.383 e. The summed E-state index contributed by atoms with van der Waals surface area (Å²) in [5.41, 5.74) is 6.12. The van der Waals surface area contributed by atoms with Crippen molar-refractivity contribution in [1.29, 1.82) is 0 Å². The third-order valence-corrected chi connectivity index (χ3v) is 5.17. The molecule has 2 fully saturated rings. The first-order chi connectivity index (χ1) is 12.1. The monoisotopic (exact) mass is 343 g/mol. The van der Waals surface area contributed by atoms with Gasteiger partial charge in [0, 0.05) is 24.2 Å². The van der Waals surface area contributed by atoms with Crippen molar-refractivity contribution < 1.29 is 9.18 Å². The molecule has 7 heteroatoms. The number of nitrogen functional groups attached to an aromatic ring is 1. The van der Waals surface area contributed by atoms with Crippen LogP contribution in [0.25, 0.3) is 10.8 Å². The highest BCUT2D eigenvalue weighted by molar-refractivity contribution is 5.98. The van der Waals surface area contributed by atoms with E-state index in [0.29, 0.717) is 24.1 Å². The summed E-state index contributed by atoms with van der Waals surface area (Å²) in [4.78, 5) is 23.0. The number of nitrogens with zero attached hydrogens (tertiary/aromatic N) is 3. The van der Waals surface area contributed by atoms with Gasteiger partial charge in [-0.05, 0) is 43.2 Å². The van der Waals surface area contributed by atoms with E-state index in [-0.39, 0.29) is 5.91 Å². The molecule has 3 heterocycles. The van der Waals surface area contributed by atoms with Crippen molar-refractivity contribution in [3.63, 3.8) is 0 Å². The Balaban J connectivity index is 1.65. The van der Waals surface area contributed by atoms with Crippen molar-refractivity contribution in [2.24, 2.45) is 5.92 Å². The van der Waals surface area contributed by atoms with Crippen molar-refractivity contribution in [1.82, 2.24) is 9.97 Å². The molecule has 1 aliphatic carbocycles. The van der Waals surface area contributed by atoms with Crippen LogP contribution < -0.4 is 16.0 Å². The van der Waals surface area contributed by atoms with Gasteiger partial charge in [-0.15, -0.1) is 0 Å². The molecule has 25 heavy (non-hydrogen) atoms. The number of fused-ring (bicyclic) bond motifs is 1. The van der Waals surface area contributed by atoms with Crippen molar-refractivity contribution in [2.75, 3.05) is 22.5 Å². The second-order valence-electron chi connectivity index (χ2n) is 6.90. The molecule has 0 bridgehead atoms. The molecule has 1 aliphatic heterocycles. The van der Waals surface area contributed by atoms with Crippen LogP contribution in [0, 0.1) is 5.92 Å². The summed E-state index contributed by atoms with van der Waals surface area (Å²) < 4.78 is 13.0. The fourth-order valence-corrected chi connectivity index (χ4v) is 3.59. The van der Waals surface area contributed by atoms with Crippen LogP contribution in [-0.2, 0) is 4.79 Å². The van der Waals surface area contributed by atoms with Crippen LogP contribution in [-0.4, -0.2) is 34.6 Å². The molecule has 4 rings (SSSR count). The summed E-state index contributed by atoms with van der Waals surface area (Å²) in [6.07, 6.45) is 4.28. The maximum Gasteiger partial charge on any atom is 0.231 e. The second kappa shape index (κ2) is 6.13. The lowest BCUT2D eigenvalue weighted by Gasteiger charge is -2.25. The zero-order valence-corrected chi connectivity index (χ0v) is 14.2. The SMILES string of the molecule is CC[C@H]1CCCN1c1cc2cc(NC(=O)[C@@H]3C[C@@H]3F)ncc2c(N)n1. The number of hydrogen-bond donors (Lipinski definition) is 2. The van der Waals surface area contributed by atoms with Gasteiger partial charge in [-0.3, -0.25) is 4.79 Å². The summed E-state index contributed by atoms with van der Waals surface area (Å²) >= 11 is 0. The molecule has 132 valence electrons. The lowest BCUT2D eigenvalue weighted by molar-refractivity contribution is -0.117. The maximum atomic E-state index is 13.0. The number of rotatable bonds is 4. The molecule has 0 unspecified atom stereocenters. The number of nitrogens with two attached hydrogens (primary N) is 1. The van der Waals surface area contributed by atoms with Gasteiger partial charge in [-0.25, -0.2) is 14.4 Å². The first kappa shape index (κ1) is 16.1. The van der Waals surface area contributed by atoms with Crippen LogP contribution in [0.1, 0.15) is 32.6 Å². The molecule has 0 aromatic carbocycles. The number of aromatic nitrogens is 2. The number of carbonyl (C=O) groups excluding carboxylic acids is 1. The van der Waals surface area contributed by atoms with Crippen molar-refractivity contribution in [2.45, 2.75) is 44.8 Å². The molecular weight excluding hydrogens is 321 g/mol. The average Bonchev–Trinajstić information content (AvgIpc) is 3.14. The van der Waals surface area contributed by atoms with Crippen LogP contribution in [0.15, 0.2) is 18.3 Å². The van der Waals surface area contributed by atoms with Crippen molar-refractivity contribution >= 4 is 34.1 Å². The number of anilines is 3. The topological polar surface area (TPSA) is 84.1 Å². The zero-order chi connectivity index (χ0) is 17.6. The highest BCUT2D eigenvalue weighted by Gasteiger charge is 2.43. The van der Waals surface area contributed by atoms with Crippen LogP contribution in [0.3, 0.4) is 0 Å². The van der Waals surface area contributed by atoms with E-state index in [1.807, 2.05) is 6.07 Å². The fourth-order valence-electron chi connectivity index (χ4n) is 3.59. The smallest absolute Gasteiger partial charge is 0.231 e. The largest absolute Gasteiger partial charge is 0.383 e. The van der Waals surface area contributed by atoms with Gasteiger partial charge in [0.15, 0.2) is 0 Å². The van der Waals surface area contributed by atoms with E-state index in [2.05, 4.69) is 27.1 Å². The molecule has 2 aromatic rings. The summed E-state index contributed by atoms with van der Waals surface area (Å²) in [5, 5.41) is 4.32. The Bertz CT molecular complexity index is 826. The third kappa shape index (κ3) is 2.99. The Morgan fingerprint density at radius 3 is 3.00 bits per heavy atom. The number of hydrogen-bond acceptors (Lipinski definition) is 5. The van der Waals surface area contributed by atoms with E-state index < -0.39 is 12.1 Å². The Hall–Kier alpha value is -2.44. The summed E-state index contributed by atoms with van der Waals surface area (Å²) in [5.74, 6) is 0.869. The molecule has 2 aliphatic rings. The molecule has 0 spiro atoms. The van der Waals surface area contributed by atoms with Gasteiger partial charge in [0.2, 0.25) is 5.91 Å². The molecule has 2 aromatic heterocycles. The number of pyridine rings is 2. The Morgan fingerprint density at radius 2 is 2.28 bits per heavy atom. The van der Waals surface area contributed by atoms with Gasteiger partial charge < -0.3 is 16.0 Å². The Morgan fingerprint density at radius 1 is 1.48 bits per heavy atom. The van der Waals surface area contributed by atoms with E-state index in [1.54, 1.807) is 12.3 Å². The van der Waals surface area contributed by atoms with E-state index >= 15 is 0 Å².